The Morgan fingerprint density at radius 2 is 2.24 bits per heavy atom. The van der Waals surface area contributed by atoms with Crippen LogP contribution in [-0.2, 0) is 14.9 Å². The Labute approximate surface area is 109 Å². The van der Waals surface area contributed by atoms with Gasteiger partial charge in [-0.3, -0.25) is 4.79 Å². The third-order valence-corrected chi connectivity index (χ3v) is 4.05. The van der Waals surface area contributed by atoms with Gasteiger partial charge in [0, 0.05) is 12.5 Å². The predicted octanol–water partition coefficient (Wildman–Crippen LogP) is 2.42. The summed E-state index contributed by atoms with van der Waals surface area (Å²) in [5.41, 5.74) is -0.00429. The monoisotopic (exact) mass is 274 g/mol. The van der Waals surface area contributed by atoms with Crippen molar-refractivity contribution in [2.45, 2.75) is 11.8 Å². The number of benzene rings is 1. The Morgan fingerprint density at radius 1 is 1.53 bits per heavy atom. The number of rotatable bonds is 3. The van der Waals surface area contributed by atoms with Crippen LogP contribution >= 0.6 is 23.2 Å². The van der Waals surface area contributed by atoms with Gasteiger partial charge in [0.2, 0.25) is 0 Å². The largest absolute Gasteiger partial charge is 0.468 e. The molecule has 0 saturated heterocycles. The van der Waals surface area contributed by atoms with Crippen molar-refractivity contribution < 1.29 is 14.6 Å². The Morgan fingerprint density at radius 3 is 2.71 bits per heavy atom. The summed E-state index contributed by atoms with van der Waals surface area (Å²) in [6, 6.07) is 5.06. The highest BCUT2D eigenvalue weighted by Crippen LogP contribution is 2.55. The molecule has 0 unspecified atom stereocenters. The molecule has 1 fully saturated rings. The maximum atomic E-state index is 11.9. The average molecular weight is 275 g/mol. The third kappa shape index (κ3) is 1.92. The van der Waals surface area contributed by atoms with Gasteiger partial charge in [0.15, 0.2) is 0 Å². The lowest BCUT2D eigenvalue weighted by atomic mass is 9.93. The first-order chi connectivity index (χ1) is 8.06. The zero-order valence-corrected chi connectivity index (χ0v) is 10.8. The molecule has 0 aromatic heterocycles. The quantitative estimate of drug-likeness (QED) is 0.862. The van der Waals surface area contributed by atoms with Gasteiger partial charge in [-0.25, -0.2) is 0 Å². The Balaban J connectivity index is 2.41. The molecule has 3 nitrogen and oxygen atoms in total. The number of carbonyl (C=O) groups excluding carboxylic acids is 1. The number of carbonyl (C=O) groups is 1. The summed E-state index contributed by atoms with van der Waals surface area (Å²) < 4.78 is 4.81. The van der Waals surface area contributed by atoms with Crippen LogP contribution in [0, 0.1) is 5.92 Å². The van der Waals surface area contributed by atoms with Gasteiger partial charge in [-0.15, -0.1) is 0 Å². The van der Waals surface area contributed by atoms with Crippen molar-refractivity contribution in [3.05, 3.63) is 33.8 Å². The van der Waals surface area contributed by atoms with E-state index in [-0.39, 0.29) is 18.5 Å². The first kappa shape index (κ1) is 12.7. The average Bonchev–Trinajstić information content (AvgIpc) is 3.07. The molecular weight excluding hydrogens is 263 g/mol. The molecule has 2 atom stereocenters. The number of aliphatic hydroxyl groups excluding tert-OH is 1. The summed E-state index contributed by atoms with van der Waals surface area (Å²) in [4.78, 5) is 11.9. The summed E-state index contributed by atoms with van der Waals surface area (Å²) in [6.07, 6.45) is 0.578. The number of hydrogen-bond donors (Lipinski definition) is 1. The summed E-state index contributed by atoms with van der Waals surface area (Å²) in [5, 5.41) is 10.0. The zero-order valence-electron chi connectivity index (χ0n) is 9.24. The van der Waals surface area contributed by atoms with Crippen LogP contribution in [0.25, 0.3) is 0 Å². The minimum atomic E-state index is -0.752. The van der Waals surface area contributed by atoms with Gasteiger partial charge in [-0.2, -0.15) is 0 Å². The number of ether oxygens (including phenoxy) is 1. The van der Waals surface area contributed by atoms with Gasteiger partial charge in [0.05, 0.1) is 22.6 Å². The lowest BCUT2D eigenvalue weighted by Gasteiger charge is -2.15. The van der Waals surface area contributed by atoms with Crippen molar-refractivity contribution in [2.24, 2.45) is 5.92 Å². The summed E-state index contributed by atoms with van der Waals surface area (Å²) in [5.74, 6) is -0.442. The van der Waals surface area contributed by atoms with Gasteiger partial charge in [0.1, 0.15) is 0 Å². The lowest BCUT2D eigenvalue weighted by Crippen LogP contribution is -2.25. The highest BCUT2D eigenvalue weighted by molar-refractivity contribution is 6.42. The van der Waals surface area contributed by atoms with Crippen molar-refractivity contribution in [3.8, 4) is 0 Å². The maximum absolute atomic E-state index is 11.9. The highest BCUT2D eigenvalue weighted by Gasteiger charge is 2.61. The second-order valence-electron chi connectivity index (χ2n) is 4.18. The fourth-order valence-corrected chi connectivity index (χ4v) is 2.53. The summed E-state index contributed by atoms with van der Waals surface area (Å²) in [6.45, 7) is -0.0463. The van der Waals surface area contributed by atoms with E-state index in [9.17, 15) is 9.90 Å². The fourth-order valence-electron chi connectivity index (χ4n) is 2.23. The Kier molecular flexibility index (Phi) is 3.34. The predicted molar refractivity (Wildman–Crippen MR) is 65.3 cm³/mol. The second-order valence-corrected chi connectivity index (χ2v) is 4.99. The van der Waals surface area contributed by atoms with Gasteiger partial charge in [0.25, 0.3) is 0 Å². The van der Waals surface area contributed by atoms with E-state index in [0.29, 0.717) is 16.5 Å². The third-order valence-electron chi connectivity index (χ3n) is 3.31. The molecule has 1 aromatic carbocycles. The molecule has 2 rings (SSSR count). The molecule has 1 aliphatic rings. The molecule has 1 saturated carbocycles. The standard InChI is InChI=1S/C12H12Cl2O3/c1-17-11(16)12(5-8(12)6-15)7-2-3-9(13)10(14)4-7/h2-4,8,15H,5-6H2,1H3/t8-,12+/m0/s1. The molecule has 1 aliphatic carbocycles. The molecule has 0 heterocycles. The molecule has 0 aliphatic heterocycles. The number of hydrogen-bond acceptors (Lipinski definition) is 3. The number of methoxy groups -OCH3 is 1. The Bertz CT molecular complexity index is 461. The molecule has 92 valence electrons. The number of halogens is 2. The molecule has 0 spiro atoms. The topological polar surface area (TPSA) is 46.5 Å². The van der Waals surface area contributed by atoms with E-state index in [1.54, 1.807) is 18.2 Å². The van der Waals surface area contributed by atoms with Gasteiger partial charge in [-0.1, -0.05) is 29.3 Å². The van der Waals surface area contributed by atoms with Crippen LogP contribution < -0.4 is 0 Å². The van der Waals surface area contributed by atoms with E-state index in [2.05, 4.69) is 0 Å². The summed E-state index contributed by atoms with van der Waals surface area (Å²) >= 11 is 11.8. The van der Waals surface area contributed by atoms with Crippen molar-refractivity contribution in [2.75, 3.05) is 13.7 Å². The summed E-state index contributed by atoms with van der Waals surface area (Å²) in [7, 11) is 1.34. The molecular formula is C12H12Cl2O3. The van der Waals surface area contributed by atoms with Crippen LogP contribution in [0.1, 0.15) is 12.0 Å². The number of esters is 1. The SMILES string of the molecule is COC(=O)[C@@]1(c2ccc(Cl)c(Cl)c2)C[C@H]1CO. The highest BCUT2D eigenvalue weighted by atomic mass is 35.5. The van der Waals surface area contributed by atoms with Crippen LogP contribution in [0.2, 0.25) is 10.0 Å². The molecule has 0 bridgehead atoms. The smallest absolute Gasteiger partial charge is 0.316 e. The minimum absolute atomic E-state index is 0.0463. The lowest BCUT2D eigenvalue weighted by molar-refractivity contribution is -0.144. The van der Waals surface area contributed by atoms with Gasteiger partial charge >= 0.3 is 5.97 Å². The fraction of sp³-hybridized carbons (Fsp3) is 0.417. The van der Waals surface area contributed by atoms with E-state index in [0.717, 1.165) is 5.56 Å². The minimum Gasteiger partial charge on any atom is -0.468 e. The van der Waals surface area contributed by atoms with Crippen LogP contribution in [-0.4, -0.2) is 24.8 Å². The van der Waals surface area contributed by atoms with E-state index in [4.69, 9.17) is 27.9 Å². The Hall–Kier alpha value is -0.770. The van der Waals surface area contributed by atoms with E-state index >= 15 is 0 Å². The van der Waals surface area contributed by atoms with Crippen LogP contribution in [0.15, 0.2) is 18.2 Å². The van der Waals surface area contributed by atoms with E-state index < -0.39 is 5.41 Å². The second kappa shape index (κ2) is 4.48. The van der Waals surface area contributed by atoms with Crippen molar-refractivity contribution in [1.29, 1.82) is 0 Å². The van der Waals surface area contributed by atoms with Crippen molar-refractivity contribution in [1.82, 2.24) is 0 Å². The van der Waals surface area contributed by atoms with Crippen LogP contribution in [0.3, 0.4) is 0 Å². The molecule has 1 N–H and O–H groups in total. The first-order valence-electron chi connectivity index (χ1n) is 5.21. The van der Waals surface area contributed by atoms with Crippen molar-refractivity contribution in [3.63, 3.8) is 0 Å². The van der Waals surface area contributed by atoms with Crippen molar-refractivity contribution >= 4 is 29.2 Å². The first-order valence-corrected chi connectivity index (χ1v) is 5.96. The number of aliphatic hydroxyl groups is 1. The van der Waals surface area contributed by atoms with Gasteiger partial charge in [-0.05, 0) is 24.1 Å². The van der Waals surface area contributed by atoms with Gasteiger partial charge < -0.3 is 9.84 Å². The van der Waals surface area contributed by atoms with E-state index in [1.807, 2.05) is 0 Å². The molecule has 0 amide bonds. The van der Waals surface area contributed by atoms with Crippen LogP contribution in [0.4, 0.5) is 0 Å². The molecule has 0 radical (unpaired) electrons. The maximum Gasteiger partial charge on any atom is 0.316 e. The molecule has 17 heavy (non-hydrogen) atoms. The van der Waals surface area contributed by atoms with E-state index in [1.165, 1.54) is 7.11 Å². The van der Waals surface area contributed by atoms with Crippen LogP contribution in [0.5, 0.6) is 0 Å². The zero-order chi connectivity index (χ0) is 12.6. The molecule has 1 aromatic rings. The normalized spacial score (nSPS) is 26.7. The molecule has 5 heteroatoms.